The van der Waals surface area contributed by atoms with Crippen molar-refractivity contribution in [1.29, 1.82) is 0 Å². The molecular weight excluding hydrogens is 711 g/mol. The monoisotopic (exact) mass is 764 g/mol. The van der Waals surface area contributed by atoms with Gasteiger partial charge in [-0.2, -0.15) is 17.2 Å². The van der Waals surface area contributed by atoms with Gasteiger partial charge in [0.25, 0.3) is 0 Å². The van der Waals surface area contributed by atoms with Crippen LogP contribution < -0.4 is 0 Å². The van der Waals surface area contributed by atoms with Crippen molar-refractivity contribution in [3.63, 3.8) is 0 Å². The molecule has 266 valence electrons. The summed E-state index contributed by atoms with van der Waals surface area (Å²) in [6.07, 6.45) is 23.9. The number of hydrogen-bond donors (Lipinski definition) is 0. The predicted molar refractivity (Wildman–Crippen MR) is 213 cm³/mol. The summed E-state index contributed by atoms with van der Waals surface area (Å²) < 4.78 is 14.2. The molecule has 4 saturated carbocycles. The van der Waals surface area contributed by atoms with E-state index in [2.05, 4.69) is 104 Å². The summed E-state index contributed by atoms with van der Waals surface area (Å²) in [7, 11) is 0. The van der Waals surface area contributed by atoms with Crippen LogP contribution in [0.1, 0.15) is 139 Å². The zero-order chi connectivity index (χ0) is 36.7. The molecule has 3 aromatic rings. The van der Waals surface area contributed by atoms with Crippen LogP contribution in [-0.2, 0) is 41.5 Å². The molecule has 3 aromatic carbocycles. The molecule has 2 heteroatoms. The van der Waals surface area contributed by atoms with Crippen molar-refractivity contribution in [2.45, 2.75) is 118 Å². The third kappa shape index (κ3) is 6.67. The van der Waals surface area contributed by atoms with Crippen molar-refractivity contribution in [3.8, 4) is 11.1 Å². The SMILES string of the molecule is CC1=[C-]C(C)(C)c2cc3c(cc21)-c1cc2c(cc1C3)C(C)(C)C=C2C.CC1=[C-]C(C)C=C1CC12CC3CC(CC(C3)C1)C2.Fc1ccc([CH]=[Zr+2])cc1. The number of halogens is 1. The minimum atomic E-state index is -0.170. The van der Waals surface area contributed by atoms with E-state index < -0.39 is 0 Å². The van der Waals surface area contributed by atoms with Gasteiger partial charge in [-0.3, -0.25) is 12.2 Å². The quantitative estimate of drug-likeness (QED) is 0.182. The Morgan fingerprint density at radius 1 is 0.769 bits per heavy atom. The molecule has 0 amide bonds. The first-order chi connectivity index (χ1) is 24.6. The molecule has 8 aliphatic carbocycles. The van der Waals surface area contributed by atoms with E-state index in [0.29, 0.717) is 11.3 Å². The van der Waals surface area contributed by atoms with Gasteiger partial charge >= 0.3 is 68.0 Å². The van der Waals surface area contributed by atoms with Gasteiger partial charge in [-0.05, 0) is 120 Å². The van der Waals surface area contributed by atoms with E-state index in [-0.39, 0.29) is 16.6 Å². The van der Waals surface area contributed by atoms with Crippen LogP contribution in [0.15, 0.2) is 71.8 Å². The van der Waals surface area contributed by atoms with Gasteiger partial charge in [0, 0.05) is 5.41 Å². The molecule has 0 N–H and O–H groups in total. The van der Waals surface area contributed by atoms with E-state index in [0.717, 1.165) is 29.7 Å². The Morgan fingerprint density at radius 3 is 1.90 bits per heavy atom. The molecule has 0 aliphatic heterocycles. The van der Waals surface area contributed by atoms with Gasteiger partial charge in [0.2, 0.25) is 0 Å². The maximum atomic E-state index is 12.2. The van der Waals surface area contributed by atoms with Crippen LogP contribution in [0.3, 0.4) is 0 Å². The Bertz CT molecular complexity index is 1960. The first kappa shape index (κ1) is 36.3. The Kier molecular flexibility index (Phi) is 9.25. The van der Waals surface area contributed by atoms with Crippen molar-refractivity contribution in [1.82, 2.24) is 0 Å². The molecule has 1 unspecified atom stereocenters. The van der Waals surface area contributed by atoms with Crippen molar-refractivity contribution in [2.24, 2.45) is 29.1 Å². The first-order valence-electron chi connectivity index (χ1n) is 19.9. The Labute approximate surface area is 328 Å². The van der Waals surface area contributed by atoms with E-state index in [4.69, 9.17) is 0 Å². The molecule has 0 saturated heterocycles. The average molecular weight is 766 g/mol. The van der Waals surface area contributed by atoms with Gasteiger partial charge in [0.15, 0.2) is 0 Å². The molecule has 0 aromatic heterocycles. The molecule has 11 rings (SSSR count). The molecule has 4 bridgehead atoms. The second-order valence-corrected chi connectivity index (χ2v) is 19.5. The van der Waals surface area contributed by atoms with E-state index in [1.807, 2.05) is 3.71 Å². The maximum absolute atomic E-state index is 12.2. The fourth-order valence-corrected chi connectivity index (χ4v) is 12.3. The van der Waals surface area contributed by atoms with Gasteiger partial charge in [0.1, 0.15) is 0 Å². The van der Waals surface area contributed by atoms with E-state index in [9.17, 15) is 4.39 Å². The zero-order valence-electron chi connectivity index (χ0n) is 32.7. The normalized spacial score (nSPS) is 28.6. The Hall–Kier alpha value is -2.70. The van der Waals surface area contributed by atoms with Gasteiger partial charge < -0.3 is 0 Å². The van der Waals surface area contributed by atoms with Crippen LogP contribution in [0.5, 0.6) is 0 Å². The summed E-state index contributed by atoms with van der Waals surface area (Å²) in [5, 5.41) is 0. The average Bonchev–Trinajstić information content (AvgIpc) is 3.72. The van der Waals surface area contributed by atoms with Crippen LogP contribution in [-0.4, -0.2) is 3.71 Å². The number of rotatable bonds is 3. The molecule has 0 spiro atoms. The second kappa shape index (κ2) is 13.3. The Balaban J connectivity index is 0.000000125. The van der Waals surface area contributed by atoms with Crippen molar-refractivity contribution < 1.29 is 28.6 Å². The van der Waals surface area contributed by atoms with Crippen molar-refractivity contribution >= 4 is 14.9 Å². The fourth-order valence-electron chi connectivity index (χ4n) is 11.8. The molecule has 0 nitrogen and oxygen atoms in total. The van der Waals surface area contributed by atoms with Crippen LogP contribution in [0.25, 0.3) is 22.3 Å². The molecule has 1 atom stereocenters. The van der Waals surface area contributed by atoms with E-state index >= 15 is 0 Å². The summed E-state index contributed by atoms with van der Waals surface area (Å²) in [5.41, 5.74) is 19.4. The molecular formula is C50H55FZr. The van der Waals surface area contributed by atoms with Crippen LogP contribution >= 0.6 is 0 Å². The van der Waals surface area contributed by atoms with Gasteiger partial charge in [-0.15, -0.1) is 11.6 Å². The van der Waals surface area contributed by atoms with Crippen molar-refractivity contribution in [2.75, 3.05) is 0 Å². The van der Waals surface area contributed by atoms with Crippen molar-refractivity contribution in [3.05, 3.63) is 129 Å². The molecule has 0 heterocycles. The van der Waals surface area contributed by atoms with Gasteiger partial charge in [-0.25, -0.2) is 11.1 Å². The Morgan fingerprint density at radius 2 is 1.35 bits per heavy atom. The number of hydrogen-bond acceptors (Lipinski definition) is 0. The van der Waals surface area contributed by atoms with Crippen LogP contribution in [0.2, 0.25) is 0 Å². The molecule has 8 aliphatic rings. The summed E-state index contributed by atoms with van der Waals surface area (Å²) in [6, 6.07) is 16.3. The fraction of sp³-hybridized carbons (Fsp3) is 0.460. The minimum absolute atomic E-state index is 0.0340. The first-order valence-corrected chi connectivity index (χ1v) is 21.3. The number of fused-ring (bicyclic) bond motifs is 5. The second-order valence-electron chi connectivity index (χ2n) is 18.8. The van der Waals surface area contributed by atoms with E-state index in [1.165, 1.54) is 104 Å². The topological polar surface area (TPSA) is 0 Å². The third-order valence-electron chi connectivity index (χ3n) is 13.6. The van der Waals surface area contributed by atoms with Crippen LogP contribution in [0, 0.1) is 47.1 Å². The van der Waals surface area contributed by atoms with E-state index in [1.54, 1.807) is 56.2 Å². The number of allylic oxidation sites excluding steroid dienone is 8. The molecule has 52 heavy (non-hydrogen) atoms. The van der Waals surface area contributed by atoms with Gasteiger partial charge in [0.05, 0.1) is 0 Å². The van der Waals surface area contributed by atoms with Gasteiger partial charge in [-0.1, -0.05) is 84.4 Å². The summed E-state index contributed by atoms with van der Waals surface area (Å²) in [6.45, 7) is 18.2. The molecule has 4 fully saturated rings. The number of benzene rings is 3. The standard InChI is InChI=1S/C25H25.C18H25.C7H5F.Zr/c1-14-12-24(3,4)22-8-16-7-17-9-23-19(15(2)13-25(23,5)6)11-21(17)20(16)10-18(14)22;1-12-3-13(2)17(4-12)11-18-8-14-5-15(9-18)7-16(6-14)10-18;1-6-2-4-7(8)5-3-6;/h8-12H,7H2,1-6H3;4,12,14-16H,5-11H2,1-2H3;1-5H;/q2*-1;;+2. The zero-order valence-corrected chi connectivity index (χ0v) is 35.2. The summed E-state index contributed by atoms with van der Waals surface area (Å²) in [4.78, 5) is 0. The summed E-state index contributed by atoms with van der Waals surface area (Å²) >= 11 is 1.34. The third-order valence-corrected chi connectivity index (χ3v) is 14.4. The predicted octanol–water partition coefficient (Wildman–Crippen LogP) is 12.9. The van der Waals surface area contributed by atoms with Crippen LogP contribution in [0.4, 0.5) is 4.39 Å². The molecule has 0 radical (unpaired) electrons. The summed E-state index contributed by atoms with van der Waals surface area (Å²) in [5.74, 6) is 3.65.